The summed E-state index contributed by atoms with van der Waals surface area (Å²) in [4.78, 5) is 24.5. The van der Waals surface area contributed by atoms with Crippen molar-refractivity contribution in [2.45, 2.75) is 19.4 Å². The van der Waals surface area contributed by atoms with Gasteiger partial charge in [0.1, 0.15) is 18.2 Å². The van der Waals surface area contributed by atoms with Crippen LogP contribution in [-0.4, -0.2) is 24.6 Å². The number of carbonyl (C=O) groups is 2. The summed E-state index contributed by atoms with van der Waals surface area (Å²) in [7, 11) is 0. The fourth-order valence-electron chi connectivity index (χ4n) is 2.65. The molecule has 0 aliphatic carbocycles. The summed E-state index contributed by atoms with van der Waals surface area (Å²) in [6, 6.07) is 10.7. The highest BCUT2D eigenvalue weighted by Gasteiger charge is 2.30. The van der Waals surface area contributed by atoms with Gasteiger partial charge in [0.2, 0.25) is 0 Å². The van der Waals surface area contributed by atoms with Crippen LogP contribution in [0, 0.1) is 11.7 Å². The van der Waals surface area contributed by atoms with Gasteiger partial charge in [0.25, 0.3) is 5.91 Å². The molecule has 0 saturated carbocycles. The number of esters is 1. The summed E-state index contributed by atoms with van der Waals surface area (Å²) in [5.74, 6) is -1.37. The van der Waals surface area contributed by atoms with E-state index in [0.29, 0.717) is 22.9 Å². The van der Waals surface area contributed by atoms with Crippen molar-refractivity contribution in [2.75, 3.05) is 11.9 Å². The third-order valence-corrected chi connectivity index (χ3v) is 4.25. The first-order valence-electron chi connectivity index (χ1n) is 8.10. The van der Waals surface area contributed by atoms with E-state index in [1.165, 1.54) is 25.1 Å². The molecule has 0 unspecified atom stereocenters. The Balaban J connectivity index is 1.58. The van der Waals surface area contributed by atoms with Crippen LogP contribution in [0.4, 0.5) is 10.1 Å². The van der Waals surface area contributed by atoms with Gasteiger partial charge >= 0.3 is 5.97 Å². The van der Waals surface area contributed by atoms with Gasteiger partial charge < -0.3 is 14.8 Å². The molecule has 1 heterocycles. The zero-order valence-electron chi connectivity index (χ0n) is 14.0. The molecule has 1 aliphatic rings. The van der Waals surface area contributed by atoms with Crippen molar-refractivity contribution in [1.82, 2.24) is 0 Å². The molecular weight excluding hydrogens is 361 g/mol. The lowest BCUT2D eigenvalue weighted by atomic mass is 9.97. The lowest BCUT2D eigenvalue weighted by Gasteiger charge is -2.25. The summed E-state index contributed by atoms with van der Waals surface area (Å²) in [5, 5.41) is 3.07. The molecule has 7 heteroatoms. The van der Waals surface area contributed by atoms with Gasteiger partial charge in [-0.3, -0.25) is 9.59 Å². The van der Waals surface area contributed by atoms with Crippen molar-refractivity contribution in [3.8, 4) is 5.75 Å². The van der Waals surface area contributed by atoms with E-state index in [-0.39, 0.29) is 6.61 Å². The molecule has 0 saturated heterocycles. The van der Waals surface area contributed by atoms with Crippen molar-refractivity contribution in [2.24, 2.45) is 5.92 Å². The average molecular weight is 378 g/mol. The molecule has 0 bridgehead atoms. The number of carbonyl (C=O) groups excluding carboxylic acids is 2. The van der Waals surface area contributed by atoms with E-state index in [1.807, 2.05) is 0 Å². The lowest BCUT2D eigenvalue weighted by molar-refractivity contribution is -0.158. The summed E-state index contributed by atoms with van der Waals surface area (Å²) in [6.45, 7) is 1.63. The Bertz CT molecular complexity index is 842. The Morgan fingerprint density at radius 3 is 2.88 bits per heavy atom. The molecule has 2 atom stereocenters. The van der Waals surface area contributed by atoms with E-state index in [9.17, 15) is 14.0 Å². The molecule has 1 N–H and O–H groups in total. The SMILES string of the molecule is C[C@H](OC(=O)[C@@H]1COc2ccc(Cl)cc2C1)C(=O)Nc1cccc(F)c1. The highest BCUT2D eigenvalue weighted by atomic mass is 35.5. The standard InChI is InChI=1S/C19H17ClFNO4/c1-11(18(23)22-16-4-2-3-15(21)9-16)26-19(24)13-7-12-8-14(20)5-6-17(12)25-10-13/h2-6,8-9,11,13H,7,10H2,1H3,(H,22,23)/t11-,13-/m0/s1. The quantitative estimate of drug-likeness (QED) is 0.827. The van der Waals surface area contributed by atoms with Crippen molar-refractivity contribution >= 4 is 29.2 Å². The van der Waals surface area contributed by atoms with Crippen LogP contribution in [0.3, 0.4) is 0 Å². The third kappa shape index (κ3) is 4.32. The van der Waals surface area contributed by atoms with Crippen molar-refractivity contribution in [3.05, 3.63) is 58.9 Å². The zero-order valence-corrected chi connectivity index (χ0v) is 14.8. The number of benzene rings is 2. The van der Waals surface area contributed by atoms with E-state index < -0.39 is 29.7 Å². The predicted molar refractivity (Wildman–Crippen MR) is 94.7 cm³/mol. The summed E-state index contributed by atoms with van der Waals surface area (Å²) >= 11 is 5.97. The van der Waals surface area contributed by atoms with Crippen molar-refractivity contribution in [3.63, 3.8) is 0 Å². The molecule has 2 aromatic rings. The van der Waals surface area contributed by atoms with Crippen LogP contribution < -0.4 is 10.1 Å². The maximum absolute atomic E-state index is 13.2. The molecule has 2 aromatic carbocycles. The van der Waals surface area contributed by atoms with Crippen LogP contribution in [0.2, 0.25) is 5.02 Å². The van der Waals surface area contributed by atoms with Gasteiger partial charge in [-0.2, -0.15) is 0 Å². The number of ether oxygens (including phenoxy) is 2. The Labute approximate surface area is 155 Å². The monoisotopic (exact) mass is 377 g/mol. The van der Waals surface area contributed by atoms with Gasteiger partial charge in [0.05, 0.1) is 5.92 Å². The predicted octanol–water partition coefficient (Wildman–Crippen LogP) is 3.60. The largest absolute Gasteiger partial charge is 0.492 e. The Morgan fingerprint density at radius 1 is 1.31 bits per heavy atom. The number of halogens is 2. The number of rotatable bonds is 4. The molecule has 1 amide bonds. The number of hydrogen-bond donors (Lipinski definition) is 1. The van der Waals surface area contributed by atoms with Crippen molar-refractivity contribution in [1.29, 1.82) is 0 Å². The molecule has 0 fully saturated rings. The average Bonchev–Trinajstić information content (AvgIpc) is 2.60. The highest BCUT2D eigenvalue weighted by molar-refractivity contribution is 6.30. The maximum atomic E-state index is 13.2. The number of nitrogens with one attached hydrogen (secondary N) is 1. The second-order valence-electron chi connectivity index (χ2n) is 6.04. The van der Waals surface area contributed by atoms with Crippen LogP contribution in [0.25, 0.3) is 0 Å². The fourth-order valence-corrected chi connectivity index (χ4v) is 2.84. The van der Waals surface area contributed by atoms with Gasteiger partial charge in [-0.15, -0.1) is 0 Å². The Morgan fingerprint density at radius 2 is 2.12 bits per heavy atom. The van der Waals surface area contributed by atoms with Crippen molar-refractivity contribution < 1.29 is 23.5 Å². The number of amides is 1. The van der Waals surface area contributed by atoms with Gasteiger partial charge in [-0.1, -0.05) is 17.7 Å². The molecule has 0 aromatic heterocycles. The summed E-state index contributed by atoms with van der Waals surface area (Å²) in [5.41, 5.74) is 1.12. The Hall–Kier alpha value is -2.60. The topological polar surface area (TPSA) is 64.6 Å². The number of hydrogen-bond acceptors (Lipinski definition) is 4. The van der Waals surface area contributed by atoms with Gasteiger partial charge in [0, 0.05) is 10.7 Å². The van der Waals surface area contributed by atoms with E-state index in [1.54, 1.807) is 24.3 Å². The summed E-state index contributed by atoms with van der Waals surface area (Å²) < 4.78 is 24.0. The molecule has 3 rings (SSSR count). The summed E-state index contributed by atoms with van der Waals surface area (Å²) in [6.07, 6.45) is -0.598. The highest BCUT2D eigenvalue weighted by Crippen LogP contribution is 2.30. The van der Waals surface area contributed by atoms with E-state index in [0.717, 1.165) is 5.56 Å². The first kappa shape index (κ1) is 18.2. The van der Waals surface area contributed by atoms with Crippen LogP contribution >= 0.6 is 11.6 Å². The van der Waals surface area contributed by atoms with Crippen LogP contribution in [0.15, 0.2) is 42.5 Å². The third-order valence-electron chi connectivity index (χ3n) is 4.02. The van der Waals surface area contributed by atoms with Gasteiger partial charge in [-0.05, 0) is 55.3 Å². The molecule has 26 heavy (non-hydrogen) atoms. The van der Waals surface area contributed by atoms with Gasteiger partial charge in [-0.25, -0.2) is 4.39 Å². The lowest BCUT2D eigenvalue weighted by Crippen LogP contribution is -2.36. The second-order valence-corrected chi connectivity index (χ2v) is 6.48. The molecular formula is C19H17ClFNO4. The molecule has 136 valence electrons. The number of fused-ring (bicyclic) bond motifs is 1. The van der Waals surface area contributed by atoms with E-state index in [2.05, 4.69) is 5.32 Å². The van der Waals surface area contributed by atoms with Crippen LogP contribution in [0.5, 0.6) is 5.75 Å². The Kier molecular flexibility index (Phi) is 5.42. The fraction of sp³-hybridized carbons (Fsp3) is 0.263. The van der Waals surface area contributed by atoms with Crippen LogP contribution in [0.1, 0.15) is 12.5 Å². The minimum atomic E-state index is -1.02. The number of anilines is 1. The normalized spacial score (nSPS) is 16.8. The van der Waals surface area contributed by atoms with Crippen LogP contribution in [-0.2, 0) is 20.7 Å². The molecule has 5 nitrogen and oxygen atoms in total. The first-order valence-corrected chi connectivity index (χ1v) is 8.48. The van der Waals surface area contributed by atoms with E-state index >= 15 is 0 Å². The minimum Gasteiger partial charge on any atom is -0.492 e. The first-order chi connectivity index (χ1) is 12.4. The molecule has 1 aliphatic heterocycles. The molecule has 0 radical (unpaired) electrons. The zero-order chi connectivity index (χ0) is 18.7. The minimum absolute atomic E-state index is 0.172. The maximum Gasteiger partial charge on any atom is 0.313 e. The smallest absolute Gasteiger partial charge is 0.313 e. The molecule has 0 spiro atoms. The van der Waals surface area contributed by atoms with Gasteiger partial charge in [0.15, 0.2) is 6.10 Å². The van der Waals surface area contributed by atoms with E-state index in [4.69, 9.17) is 21.1 Å². The second kappa shape index (κ2) is 7.74.